The summed E-state index contributed by atoms with van der Waals surface area (Å²) < 4.78 is 5.67. The molecule has 0 aliphatic carbocycles. The van der Waals surface area contributed by atoms with Crippen LogP contribution in [0.25, 0.3) is 0 Å². The van der Waals surface area contributed by atoms with Gasteiger partial charge in [-0.15, -0.1) is 0 Å². The summed E-state index contributed by atoms with van der Waals surface area (Å²) in [6.07, 6.45) is 0.0477. The van der Waals surface area contributed by atoms with Gasteiger partial charge in [0.05, 0.1) is 31.2 Å². The first kappa shape index (κ1) is 20.2. The normalized spacial score (nSPS) is 18.3. The molecule has 1 saturated heterocycles. The molecule has 0 aromatic heterocycles. The molecule has 26 heavy (non-hydrogen) atoms. The average molecular weight is 363 g/mol. The van der Waals surface area contributed by atoms with Crippen LogP contribution in [-0.2, 0) is 16.1 Å². The fourth-order valence-corrected chi connectivity index (χ4v) is 2.97. The number of nitrogens with one attached hydrogen (secondary N) is 2. The van der Waals surface area contributed by atoms with E-state index in [9.17, 15) is 14.7 Å². The molecule has 2 amide bonds. The van der Waals surface area contributed by atoms with Crippen LogP contribution in [0.15, 0.2) is 24.3 Å². The largest absolute Gasteiger partial charge is 0.494 e. The Morgan fingerprint density at radius 1 is 1.42 bits per heavy atom. The second-order valence-corrected chi connectivity index (χ2v) is 7.11. The summed E-state index contributed by atoms with van der Waals surface area (Å²) in [4.78, 5) is 26.7. The molecule has 0 radical (unpaired) electrons. The molecular weight excluding hydrogens is 334 g/mol. The summed E-state index contributed by atoms with van der Waals surface area (Å²) in [5.74, 6) is 0.391. The van der Waals surface area contributed by atoms with Gasteiger partial charge < -0.3 is 20.5 Å². The van der Waals surface area contributed by atoms with E-state index in [1.165, 1.54) is 0 Å². The fourth-order valence-electron chi connectivity index (χ4n) is 2.97. The van der Waals surface area contributed by atoms with E-state index >= 15 is 0 Å². The van der Waals surface area contributed by atoms with Crippen molar-refractivity contribution in [1.82, 2.24) is 15.5 Å². The van der Waals surface area contributed by atoms with E-state index in [-0.39, 0.29) is 24.8 Å². The molecule has 1 aromatic carbocycles. The summed E-state index contributed by atoms with van der Waals surface area (Å²) in [7, 11) is 0. The first-order valence-electron chi connectivity index (χ1n) is 9.00. The number of benzene rings is 1. The summed E-state index contributed by atoms with van der Waals surface area (Å²) in [6.45, 7) is 7.56. The van der Waals surface area contributed by atoms with Crippen LogP contribution in [0.3, 0.4) is 0 Å². The van der Waals surface area contributed by atoms with Crippen molar-refractivity contribution in [3.8, 4) is 5.75 Å². The van der Waals surface area contributed by atoms with Gasteiger partial charge in [0.15, 0.2) is 0 Å². The van der Waals surface area contributed by atoms with E-state index in [1.807, 2.05) is 36.1 Å². The number of aliphatic hydroxyl groups excluding tert-OH is 1. The van der Waals surface area contributed by atoms with Gasteiger partial charge in [0, 0.05) is 25.2 Å². The zero-order valence-corrected chi connectivity index (χ0v) is 15.7. The van der Waals surface area contributed by atoms with Crippen LogP contribution >= 0.6 is 0 Å². The molecule has 1 fully saturated rings. The Labute approximate surface area is 154 Å². The molecule has 2 rings (SSSR count). The minimum Gasteiger partial charge on any atom is -0.494 e. The molecule has 3 N–H and O–H groups in total. The number of ether oxygens (including phenoxy) is 1. The van der Waals surface area contributed by atoms with Crippen molar-refractivity contribution in [2.24, 2.45) is 0 Å². The topological polar surface area (TPSA) is 90.9 Å². The van der Waals surface area contributed by atoms with E-state index in [4.69, 9.17) is 4.74 Å². The van der Waals surface area contributed by atoms with Crippen molar-refractivity contribution in [2.75, 3.05) is 26.3 Å². The van der Waals surface area contributed by atoms with Crippen LogP contribution in [0, 0.1) is 0 Å². The molecule has 1 unspecified atom stereocenters. The number of piperazine rings is 1. The summed E-state index contributed by atoms with van der Waals surface area (Å²) in [5, 5.41) is 14.9. The number of aliphatic hydroxyl groups is 1. The van der Waals surface area contributed by atoms with E-state index in [0.717, 1.165) is 11.3 Å². The van der Waals surface area contributed by atoms with Gasteiger partial charge in [-0.25, -0.2) is 0 Å². The van der Waals surface area contributed by atoms with Crippen molar-refractivity contribution in [1.29, 1.82) is 0 Å². The minimum atomic E-state index is -0.714. The van der Waals surface area contributed by atoms with Gasteiger partial charge in [0.25, 0.3) is 0 Å². The third kappa shape index (κ3) is 5.44. The van der Waals surface area contributed by atoms with Gasteiger partial charge in [-0.2, -0.15) is 0 Å². The van der Waals surface area contributed by atoms with Crippen LogP contribution in [0.1, 0.15) is 32.8 Å². The van der Waals surface area contributed by atoms with Crippen molar-refractivity contribution in [3.05, 3.63) is 29.8 Å². The second kappa shape index (κ2) is 9.00. The lowest BCUT2D eigenvalue weighted by Crippen LogP contribution is -2.57. The second-order valence-electron chi connectivity index (χ2n) is 7.11. The quantitative estimate of drug-likeness (QED) is 0.631. The molecule has 0 bridgehead atoms. The predicted molar refractivity (Wildman–Crippen MR) is 98.7 cm³/mol. The molecule has 1 aromatic rings. The maximum absolute atomic E-state index is 12.4. The van der Waals surface area contributed by atoms with E-state index in [2.05, 4.69) is 10.6 Å². The zero-order valence-electron chi connectivity index (χ0n) is 15.7. The predicted octanol–water partition coefficient (Wildman–Crippen LogP) is 0.663. The minimum absolute atomic E-state index is 0.0477. The molecule has 144 valence electrons. The number of hydrogen-bond acceptors (Lipinski definition) is 5. The first-order valence-corrected chi connectivity index (χ1v) is 9.00. The molecule has 0 spiro atoms. The van der Waals surface area contributed by atoms with Crippen LogP contribution in [-0.4, -0.2) is 59.7 Å². The number of rotatable bonds is 8. The molecule has 0 saturated carbocycles. The molecule has 1 atom stereocenters. The van der Waals surface area contributed by atoms with E-state index < -0.39 is 11.6 Å². The highest BCUT2D eigenvalue weighted by molar-refractivity contribution is 5.89. The monoisotopic (exact) mass is 363 g/mol. The van der Waals surface area contributed by atoms with Crippen molar-refractivity contribution >= 4 is 11.8 Å². The number of carbonyl (C=O) groups is 2. The first-order chi connectivity index (χ1) is 12.4. The van der Waals surface area contributed by atoms with Gasteiger partial charge in [0.2, 0.25) is 11.8 Å². The summed E-state index contributed by atoms with van der Waals surface area (Å²) in [6, 6.07) is 7.19. The highest BCUT2D eigenvalue weighted by Crippen LogP contribution is 2.22. The van der Waals surface area contributed by atoms with Crippen LogP contribution < -0.4 is 15.4 Å². The Hall–Kier alpha value is -2.12. The van der Waals surface area contributed by atoms with E-state index in [0.29, 0.717) is 26.2 Å². The lowest BCUT2D eigenvalue weighted by Gasteiger charge is -2.35. The van der Waals surface area contributed by atoms with Gasteiger partial charge >= 0.3 is 0 Å². The van der Waals surface area contributed by atoms with E-state index in [1.54, 1.807) is 13.8 Å². The molecule has 7 heteroatoms. The van der Waals surface area contributed by atoms with Gasteiger partial charge in [-0.1, -0.05) is 18.2 Å². The SMILES string of the molecule is CCOc1ccccc1CN1CCNC(=O)C1CC(=O)NC(C)(C)CO. The standard InChI is InChI=1S/C19H29N3O4/c1-4-26-16-8-6-5-7-14(16)12-22-10-9-20-18(25)15(22)11-17(24)21-19(2,3)13-23/h5-8,15,23H,4,9-13H2,1-3H3,(H,20,25)(H,21,24). The van der Waals surface area contributed by atoms with Crippen LogP contribution in [0.2, 0.25) is 0 Å². The molecule has 1 aliphatic heterocycles. The lowest BCUT2D eigenvalue weighted by atomic mass is 10.0. The average Bonchev–Trinajstić information content (AvgIpc) is 2.59. The number of amides is 2. The zero-order chi connectivity index (χ0) is 19.2. The maximum Gasteiger partial charge on any atom is 0.237 e. The molecule has 1 heterocycles. The smallest absolute Gasteiger partial charge is 0.237 e. The Morgan fingerprint density at radius 3 is 2.85 bits per heavy atom. The lowest BCUT2D eigenvalue weighted by molar-refractivity contribution is -0.135. The Bertz CT molecular complexity index is 633. The van der Waals surface area contributed by atoms with Gasteiger partial charge in [0.1, 0.15) is 5.75 Å². The third-order valence-corrected chi connectivity index (χ3v) is 4.34. The third-order valence-electron chi connectivity index (χ3n) is 4.34. The number of carbonyl (C=O) groups excluding carboxylic acids is 2. The number of hydrogen-bond donors (Lipinski definition) is 3. The Kier molecular flexibility index (Phi) is 6.99. The van der Waals surface area contributed by atoms with Crippen LogP contribution in [0.4, 0.5) is 0 Å². The van der Waals surface area contributed by atoms with Crippen molar-refractivity contribution in [3.63, 3.8) is 0 Å². The highest BCUT2D eigenvalue weighted by Gasteiger charge is 2.33. The molecular formula is C19H29N3O4. The highest BCUT2D eigenvalue weighted by atomic mass is 16.5. The number of nitrogens with zero attached hydrogens (tertiary/aromatic N) is 1. The van der Waals surface area contributed by atoms with Gasteiger partial charge in [-0.3, -0.25) is 14.5 Å². The maximum atomic E-state index is 12.4. The Balaban J connectivity index is 2.10. The molecule has 7 nitrogen and oxygen atoms in total. The van der Waals surface area contributed by atoms with Crippen molar-refractivity contribution in [2.45, 2.75) is 45.3 Å². The Morgan fingerprint density at radius 2 is 2.15 bits per heavy atom. The summed E-state index contributed by atoms with van der Waals surface area (Å²) >= 11 is 0. The fraction of sp³-hybridized carbons (Fsp3) is 0.579. The summed E-state index contributed by atoms with van der Waals surface area (Å²) in [5.41, 5.74) is 0.277. The van der Waals surface area contributed by atoms with Crippen LogP contribution in [0.5, 0.6) is 5.75 Å². The number of para-hydroxylation sites is 1. The molecule has 1 aliphatic rings. The van der Waals surface area contributed by atoms with Crippen molar-refractivity contribution < 1.29 is 19.4 Å². The van der Waals surface area contributed by atoms with Gasteiger partial charge in [-0.05, 0) is 26.8 Å².